The smallest absolute Gasteiger partial charge is 0.264 e. The van der Waals surface area contributed by atoms with Gasteiger partial charge in [-0.1, -0.05) is 91.6 Å². The number of ether oxygens (including phenoxy) is 2. The van der Waals surface area contributed by atoms with E-state index in [-0.39, 0.29) is 46.1 Å². The monoisotopic (exact) mass is 711 g/mol. The number of carbonyl (C=O) groups excluding carboxylic acids is 2. The molecule has 2 amide bonds. The lowest BCUT2D eigenvalue weighted by Crippen LogP contribution is -2.53. The highest BCUT2D eigenvalue weighted by molar-refractivity contribution is 7.92. The molecule has 0 radical (unpaired) electrons. The number of carbonyl (C=O) groups is 2. The minimum Gasteiger partial charge on any atom is -0.493 e. The third kappa shape index (κ3) is 9.21. The van der Waals surface area contributed by atoms with Gasteiger partial charge in [0.15, 0.2) is 11.5 Å². The Kier molecular flexibility index (Phi) is 12.7. The Hall–Kier alpha value is -4.25. The van der Waals surface area contributed by atoms with Crippen LogP contribution in [0.3, 0.4) is 0 Å². The van der Waals surface area contributed by atoms with Crippen LogP contribution in [0.5, 0.6) is 11.5 Å². The van der Waals surface area contributed by atoms with Gasteiger partial charge >= 0.3 is 0 Å². The zero-order valence-corrected chi connectivity index (χ0v) is 29.6. The number of nitrogens with zero attached hydrogens (tertiary/aromatic N) is 2. The first-order valence-corrected chi connectivity index (χ1v) is 17.5. The number of nitrogens with one attached hydrogen (secondary N) is 1. The number of anilines is 1. The van der Waals surface area contributed by atoms with Crippen molar-refractivity contribution in [2.75, 3.05) is 31.6 Å². The quantitative estimate of drug-likeness (QED) is 0.149. The molecule has 1 atom stereocenters. The minimum absolute atomic E-state index is 0.0147. The Bertz CT molecular complexity index is 1810. The highest BCUT2D eigenvalue weighted by Gasteiger charge is 2.35. The number of benzene rings is 4. The van der Waals surface area contributed by atoms with Gasteiger partial charge in [-0.3, -0.25) is 13.9 Å². The SMILES string of the molecule is COc1ccc(N(CC(=O)N(Cc2ccc(Cl)c(Cl)c2)[C@H](Cc2ccccc2)C(=O)NCC(C)C)S(=O)(=O)c2ccccc2)cc1OC. The largest absolute Gasteiger partial charge is 0.493 e. The van der Waals surface area contributed by atoms with Gasteiger partial charge in [0.2, 0.25) is 11.8 Å². The molecule has 0 aliphatic carbocycles. The maximum atomic E-state index is 14.6. The fraction of sp³-hybridized carbons (Fsp3) is 0.278. The van der Waals surface area contributed by atoms with Crippen molar-refractivity contribution in [3.8, 4) is 11.5 Å². The van der Waals surface area contributed by atoms with Crippen molar-refractivity contribution < 1.29 is 27.5 Å². The number of hydrogen-bond acceptors (Lipinski definition) is 6. The Morgan fingerprint density at radius 2 is 1.44 bits per heavy atom. The number of methoxy groups -OCH3 is 2. The van der Waals surface area contributed by atoms with Gasteiger partial charge in [0.05, 0.1) is 34.8 Å². The van der Waals surface area contributed by atoms with Gasteiger partial charge in [0, 0.05) is 25.6 Å². The summed E-state index contributed by atoms with van der Waals surface area (Å²) in [6.45, 7) is 3.66. The van der Waals surface area contributed by atoms with Gasteiger partial charge in [0.25, 0.3) is 10.0 Å². The summed E-state index contributed by atoms with van der Waals surface area (Å²) < 4.78 is 40.3. The van der Waals surface area contributed by atoms with Crippen molar-refractivity contribution in [1.29, 1.82) is 0 Å². The lowest BCUT2D eigenvalue weighted by atomic mass is 10.0. The topological polar surface area (TPSA) is 105 Å². The average molecular weight is 713 g/mol. The Morgan fingerprint density at radius 1 is 0.792 bits per heavy atom. The summed E-state index contributed by atoms with van der Waals surface area (Å²) in [6.07, 6.45) is 0.180. The van der Waals surface area contributed by atoms with Gasteiger partial charge < -0.3 is 19.7 Å². The van der Waals surface area contributed by atoms with Crippen molar-refractivity contribution in [1.82, 2.24) is 10.2 Å². The van der Waals surface area contributed by atoms with Crippen LogP contribution < -0.4 is 19.1 Å². The lowest BCUT2D eigenvalue weighted by molar-refractivity contribution is -0.140. The first-order valence-electron chi connectivity index (χ1n) is 15.3. The molecule has 48 heavy (non-hydrogen) atoms. The zero-order chi connectivity index (χ0) is 34.8. The minimum atomic E-state index is -4.29. The van der Waals surface area contributed by atoms with Crippen LogP contribution >= 0.6 is 23.2 Å². The van der Waals surface area contributed by atoms with Gasteiger partial charge in [-0.05, 0) is 53.4 Å². The molecular formula is C36H39Cl2N3O6S. The molecule has 0 fully saturated rings. The number of hydrogen-bond donors (Lipinski definition) is 1. The van der Waals surface area contributed by atoms with E-state index < -0.39 is 28.5 Å². The van der Waals surface area contributed by atoms with E-state index in [1.54, 1.807) is 42.5 Å². The van der Waals surface area contributed by atoms with Crippen molar-refractivity contribution in [3.05, 3.63) is 118 Å². The number of sulfonamides is 1. The third-order valence-electron chi connectivity index (χ3n) is 7.56. The molecule has 0 heterocycles. The average Bonchev–Trinajstić information content (AvgIpc) is 3.09. The van der Waals surface area contributed by atoms with Crippen LogP contribution in [-0.4, -0.2) is 58.5 Å². The van der Waals surface area contributed by atoms with E-state index in [2.05, 4.69) is 5.32 Å². The predicted octanol–water partition coefficient (Wildman–Crippen LogP) is 6.62. The Balaban J connectivity index is 1.84. The molecular weight excluding hydrogens is 673 g/mol. The van der Waals surface area contributed by atoms with Crippen LogP contribution in [0.25, 0.3) is 0 Å². The molecule has 4 rings (SSSR count). The zero-order valence-electron chi connectivity index (χ0n) is 27.2. The van der Waals surface area contributed by atoms with Crippen LogP contribution in [0.15, 0.2) is 102 Å². The molecule has 4 aromatic rings. The fourth-order valence-corrected chi connectivity index (χ4v) is 6.79. The molecule has 254 valence electrons. The molecule has 0 saturated heterocycles. The van der Waals surface area contributed by atoms with Crippen LogP contribution in [-0.2, 0) is 32.6 Å². The molecule has 0 spiro atoms. The molecule has 0 unspecified atom stereocenters. The summed E-state index contributed by atoms with van der Waals surface area (Å²) in [6, 6.07) is 25.7. The number of halogens is 2. The molecule has 4 aromatic carbocycles. The second-order valence-electron chi connectivity index (χ2n) is 11.5. The van der Waals surface area contributed by atoms with Crippen molar-refractivity contribution in [2.45, 2.75) is 37.8 Å². The summed E-state index contributed by atoms with van der Waals surface area (Å²) in [5, 5.41) is 3.59. The molecule has 0 aromatic heterocycles. The van der Waals surface area contributed by atoms with Gasteiger partial charge in [-0.25, -0.2) is 8.42 Å². The van der Waals surface area contributed by atoms with E-state index in [4.69, 9.17) is 32.7 Å². The van der Waals surface area contributed by atoms with E-state index in [1.807, 2.05) is 44.2 Å². The highest BCUT2D eigenvalue weighted by atomic mass is 35.5. The molecule has 12 heteroatoms. The third-order valence-corrected chi connectivity index (χ3v) is 10.1. The summed E-state index contributed by atoms with van der Waals surface area (Å²) in [4.78, 5) is 29.9. The molecule has 9 nitrogen and oxygen atoms in total. The molecule has 1 N–H and O–H groups in total. The van der Waals surface area contributed by atoms with Crippen molar-refractivity contribution in [3.63, 3.8) is 0 Å². The standard InChI is InChI=1S/C36H39Cl2N3O6S/c1-25(2)22-39-36(43)32(20-26-11-7-5-8-12-26)40(23-27-15-17-30(37)31(38)19-27)35(42)24-41(48(44,45)29-13-9-6-10-14-29)28-16-18-33(46-3)34(21-28)47-4/h5-19,21,25,32H,20,22-24H2,1-4H3,(H,39,43)/t32-/m1/s1. The maximum absolute atomic E-state index is 14.6. The van der Waals surface area contributed by atoms with Crippen LogP contribution in [0.1, 0.15) is 25.0 Å². The molecule has 0 saturated carbocycles. The maximum Gasteiger partial charge on any atom is 0.264 e. The van der Waals surface area contributed by atoms with Crippen molar-refractivity contribution >= 4 is 50.7 Å². The van der Waals surface area contributed by atoms with E-state index in [0.29, 0.717) is 22.9 Å². The first-order chi connectivity index (χ1) is 22.9. The van der Waals surface area contributed by atoms with Gasteiger partial charge in [-0.2, -0.15) is 0 Å². The van der Waals surface area contributed by atoms with E-state index >= 15 is 0 Å². The Morgan fingerprint density at radius 3 is 2.04 bits per heavy atom. The van der Waals surface area contributed by atoms with Crippen molar-refractivity contribution in [2.24, 2.45) is 5.92 Å². The number of rotatable bonds is 15. The molecule has 0 bridgehead atoms. The van der Waals surface area contributed by atoms with E-state index in [9.17, 15) is 18.0 Å². The highest BCUT2D eigenvalue weighted by Crippen LogP contribution is 2.34. The molecule has 0 aliphatic rings. The van der Waals surface area contributed by atoms with E-state index in [0.717, 1.165) is 9.87 Å². The van der Waals surface area contributed by atoms with Gasteiger partial charge in [0.1, 0.15) is 12.6 Å². The second-order valence-corrected chi connectivity index (χ2v) is 14.2. The summed E-state index contributed by atoms with van der Waals surface area (Å²) in [5.74, 6) is -0.170. The predicted molar refractivity (Wildman–Crippen MR) is 189 cm³/mol. The lowest BCUT2D eigenvalue weighted by Gasteiger charge is -2.34. The van der Waals surface area contributed by atoms with Gasteiger partial charge in [-0.15, -0.1) is 0 Å². The van der Waals surface area contributed by atoms with Crippen LogP contribution in [0.2, 0.25) is 10.0 Å². The van der Waals surface area contributed by atoms with E-state index in [1.165, 1.54) is 43.4 Å². The fourth-order valence-electron chi connectivity index (χ4n) is 5.04. The summed E-state index contributed by atoms with van der Waals surface area (Å²) in [5.41, 5.74) is 1.60. The van der Waals surface area contributed by atoms with Crippen LogP contribution in [0.4, 0.5) is 5.69 Å². The first kappa shape index (κ1) is 36.6. The summed E-state index contributed by atoms with van der Waals surface area (Å²) >= 11 is 12.5. The molecule has 0 aliphatic heterocycles. The second kappa shape index (κ2) is 16.7. The normalized spacial score (nSPS) is 11.9. The Labute approximate surface area is 292 Å². The number of amides is 2. The van der Waals surface area contributed by atoms with Crippen LogP contribution in [0, 0.1) is 5.92 Å². The summed E-state index contributed by atoms with van der Waals surface area (Å²) in [7, 11) is -1.38.